The number of fused-ring (bicyclic) bond motifs is 4. The Morgan fingerprint density at radius 1 is 1.22 bits per heavy atom. The van der Waals surface area contributed by atoms with Crippen LogP contribution in [0.4, 0.5) is 4.39 Å². The Balaban J connectivity index is 0.00000245. The van der Waals surface area contributed by atoms with E-state index in [1.165, 1.54) is 18.9 Å². The zero-order chi connectivity index (χ0) is 21.5. The molecule has 2 bridgehead atoms. The molecule has 2 unspecified atom stereocenters. The van der Waals surface area contributed by atoms with Gasteiger partial charge in [0.2, 0.25) is 0 Å². The van der Waals surface area contributed by atoms with Gasteiger partial charge in [0.15, 0.2) is 0 Å². The molecule has 4 nitrogen and oxygen atoms in total. The van der Waals surface area contributed by atoms with Crippen molar-refractivity contribution in [3.05, 3.63) is 59.9 Å². The normalized spacial score (nSPS) is 25.4. The van der Waals surface area contributed by atoms with Crippen molar-refractivity contribution in [2.24, 2.45) is 11.8 Å². The van der Waals surface area contributed by atoms with E-state index in [-0.39, 0.29) is 24.3 Å². The van der Waals surface area contributed by atoms with Gasteiger partial charge >= 0.3 is 0 Å². The predicted molar refractivity (Wildman–Crippen MR) is 128 cm³/mol. The Kier molecular flexibility index (Phi) is 6.70. The average Bonchev–Trinajstić information content (AvgIpc) is 2.83. The highest BCUT2D eigenvalue weighted by atomic mass is 35.5. The lowest BCUT2D eigenvalue weighted by molar-refractivity contribution is -0.0562. The fourth-order valence-electron chi connectivity index (χ4n) is 5.59. The lowest BCUT2D eigenvalue weighted by Crippen LogP contribution is -2.55. The van der Waals surface area contributed by atoms with Gasteiger partial charge in [-0.2, -0.15) is 0 Å². The lowest BCUT2D eigenvalue weighted by atomic mass is 9.72. The van der Waals surface area contributed by atoms with Crippen molar-refractivity contribution >= 4 is 23.3 Å². The number of aromatic nitrogens is 1. The van der Waals surface area contributed by atoms with Crippen molar-refractivity contribution in [1.29, 1.82) is 0 Å². The SMILES string of the molecule is CC[C@H]1CN2CC[C@H]1CC2[C@H](O)c1cc(-c2ccccc2F)nc2ccc(OC)cc12.Cl. The van der Waals surface area contributed by atoms with Gasteiger partial charge in [0.05, 0.1) is 24.4 Å². The van der Waals surface area contributed by atoms with Gasteiger partial charge in [-0.05, 0) is 73.2 Å². The van der Waals surface area contributed by atoms with Gasteiger partial charge in [-0.25, -0.2) is 9.37 Å². The summed E-state index contributed by atoms with van der Waals surface area (Å²) in [5.74, 6) is 1.80. The Morgan fingerprint density at radius 2 is 2.03 bits per heavy atom. The van der Waals surface area contributed by atoms with E-state index >= 15 is 0 Å². The number of nitrogens with zero attached hydrogens (tertiary/aromatic N) is 2. The molecule has 1 N–H and O–H groups in total. The maximum atomic E-state index is 14.6. The number of halogens is 2. The number of benzene rings is 2. The number of piperidine rings is 3. The molecule has 3 fully saturated rings. The zero-order valence-electron chi connectivity index (χ0n) is 18.5. The first-order valence-corrected chi connectivity index (χ1v) is 11.2. The summed E-state index contributed by atoms with van der Waals surface area (Å²) in [4.78, 5) is 7.18. The fraction of sp³-hybridized carbons (Fsp3) is 0.423. The summed E-state index contributed by atoms with van der Waals surface area (Å²) in [5, 5.41) is 12.5. The van der Waals surface area contributed by atoms with Crippen LogP contribution in [0.5, 0.6) is 5.75 Å². The monoisotopic (exact) mass is 456 g/mol. The molecule has 5 atom stereocenters. The third kappa shape index (κ3) is 3.98. The summed E-state index contributed by atoms with van der Waals surface area (Å²) in [6, 6.07) is 14.3. The lowest BCUT2D eigenvalue weighted by Gasteiger charge is -2.51. The number of methoxy groups -OCH3 is 1. The summed E-state index contributed by atoms with van der Waals surface area (Å²) < 4.78 is 20.0. The topological polar surface area (TPSA) is 45.6 Å². The number of ether oxygens (including phenoxy) is 1. The molecule has 6 rings (SSSR count). The van der Waals surface area contributed by atoms with E-state index in [0.29, 0.717) is 17.2 Å². The molecule has 0 spiro atoms. The molecule has 0 radical (unpaired) electrons. The van der Waals surface area contributed by atoms with Gasteiger partial charge in [0.1, 0.15) is 11.6 Å². The number of aliphatic hydroxyl groups is 1. The molecule has 4 heterocycles. The maximum Gasteiger partial charge on any atom is 0.132 e. The second kappa shape index (κ2) is 9.34. The van der Waals surface area contributed by atoms with Crippen LogP contribution in [0.2, 0.25) is 0 Å². The van der Waals surface area contributed by atoms with Crippen molar-refractivity contribution in [2.45, 2.75) is 38.3 Å². The van der Waals surface area contributed by atoms with Gasteiger partial charge in [0, 0.05) is 23.5 Å². The zero-order valence-corrected chi connectivity index (χ0v) is 19.3. The molecular formula is C26H30ClFN2O2. The van der Waals surface area contributed by atoms with E-state index in [4.69, 9.17) is 9.72 Å². The Labute approximate surface area is 194 Å². The van der Waals surface area contributed by atoms with E-state index < -0.39 is 6.10 Å². The highest BCUT2D eigenvalue weighted by Gasteiger charge is 2.42. The number of hydrogen-bond donors (Lipinski definition) is 1. The van der Waals surface area contributed by atoms with Crippen LogP contribution in [0.15, 0.2) is 48.5 Å². The first kappa shape index (κ1) is 23.0. The minimum Gasteiger partial charge on any atom is -0.497 e. The summed E-state index contributed by atoms with van der Waals surface area (Å²) >= 11 is 0. The van der Waals surface area contributed by atoms with E-state index in [1.54, 1.807) is 19.2 Å². The van der Waals surface area contributed by atoms with Crippen molar-refractivity contribution in [2.75, 3.05) is 20.2 Å². The molecule has 170 valence electrons. The van der Waals surface area contributed by atoms with Crippen LogP contribution >= 0.6 is 12.4 Å². The molecule has 3 saturated heterocycles. The van der Waals surface area contributed by atoms with Crippen molar-refractivity contribution in [1.82, 2.24) is 9.88 Å². The number of hydrogen-bond acceptors (Lipinski definition) is 4. The van der Waals surface area contributed by atoms with Gasteiger partial charge in [-0.1, -0.05) is 25.5 Å². The Morgan fingerprint density at radius 3 is 2.72 bits per heavy atom. The van der Waals surface area contributed by atoms with E-state index in [2.05, 4.69) is 11.8 Å². The highest BCUT2D eigenvalue weighted by Crippen LogP contribution is 2.43. The smallest absolute Gasteiger partial charge is 0.132 e. The second-order valence-corrected chi connectivity index (χ2v) is 8.92. The van der Waals surface area contributed by atoms with Gasteiger partial charge < -0.3 is 9.84 Å². The minimum atomic E-state index is -0.663. The molecule has 1 aromatic heterocycles. The minimum absolute atomic E-state index is 0. The molecule has 2 aromatic carbocycles. The molecule has 3 aliphatic heterocycles. The summed E-state index contributed by atoms with van der Waals surface area (Å²) in [6.45, 7) is 4.35. The fourth-order valence-corrected chi connectivity index (χ4v) is 5.59. The summed E-state index contributed by atoms with van der Waals surface area (Å²) in [6.07, 6.45) is 2.75. The van der Waals surface area contributed by atoms with Crippen molar-refractivity contribution in [3.8, 4) is 17.0 Å². The van der Waals surface area contributed by atoms with Crippen LogP contribution < -0.4 is 4.74 Å². The molecule has 0 amide bonds. The number of pyridine rings is 1. The molecule has 3 aliphatic rings. The van der Waals surface area contributed by atoms with Crippen LogP contribution in [0.1, 0.15) is 37.9 Å². The first-order valence-electron chi connectivity index (χ1n) is 11.2. The van der Waals surface area contributed by atoms with E-state index in [0.717, 1.165) is 47.6 Å². The standard InChI is InChI=1S/C26H29FN2O2.ClH/c1-3-16-15-29-11-10-17(16)12-25(29)26(30)21-14-24(19-6-4-5-7-22(19)27)28-23-9-8-18(31-2)13-20(21)23;/h4-9,13-14,16-17,25-26,30H,3,10-12,15H2,1-2H3;1H/t16-,17-,25?,26+;/m0./s1. The maximum absolute atomic E-state index is 14.6. The van der Waals surface area contributed by atoms with Gasteiger partial charge in [-0.15, -0.1) is 12.4 Å². The van der Waals surface area contributed by atoms with Crippen LogP contribution in [0.3, 0.4) is 0 Å². The molecule has 0 aliphatic carbocycles. The number of aliphatic hydroxyl groups excluding tert-OH is 1. The quantitative estimate of drug-likeness (QED) is 0.540. The molecule has 0 saturated carbocycles. The molecule has 3 aromatic rings. The van der Waals surface area contributed by atoms with Crippen LogP contribution in [0, 0.1) is 17.7 Å². The molecular weight excluding hydrogens is 427 g/mol. The van der Waals surface area contributed by atoms with E-state index in [1.807, 2.05) is 30.3 Å². The van der Waals surface area contributed by atoms with Crippen molar-refractivity contribution < 1.29 is 14.2 Å². The first-order chi connectivity index (χ1) is 15.1. The third-order valence-electron chi connectivity index (χ3n) is 7.34. The number of rotatable bonds is 5. The third-order valence-corrected chi connectivity index (χ3v) is 7.34. The van der Waals surface area contributed by atoms with Crippen molar-refractivity contribution in [3.63, 3.8) is 0 Å². The highest BCUT2D eigenvalue weighted by molar-refractivity contribution is 5.87. The van der Waals surface area contributed by atoms with Crippen LogP contribution in [0.25, 0.3) is 22.2 Å². The van der Waals surface area contributed by atoms with Crippen LogP contribution in [-0.4, -0.2) is 41.2 Å². The van der Waals surface area contributed by atoms with E-state index in [9.17, 15) is 9.50 Å². The average molecular weight is 457 g/mol. The van der Waals surface area contributed by atoms with Gasteiger partial charge in [-0.3, -0.25) is 4.90 Å². The Hall–Kier alpha value is -2.21. The molecule has 6 heteroatoms. The Bertz CT molecular complexity index is 1110. The molecule has 32 heavy (non-hydrogen) atoms. The van der Waals surface area contributed by atoms with Crippen LogP contribution in [-0.2, 0) is 0 Å². The summed E-state index contributed by atoms with van der Waals surface area (Å²) in [7, 11) is 1.63. The second-order valence-electron chi connectivity index (χ2n) is 8.92. The van der Waals surface area contributed by atoms with Gasteiger partial charge in [0.25, 0.3) is 0 Å². The largest absolute Gasteiger partial charge is 0.497 e. The predicted octanol–water partition coefficient (Wildman–Crippen LogP) is 5.63. The summed E-state index contributed by atoms with van der Waals surface area (Å²) in [5.41, 5.74) is 2.53.